The predicted octanol–water partition coefficient (Wildman–Crippen LogP) is 13.9. The molecule has 0 amide bonds. The van der Waals surface area contributed by atoms with Gasteiger partial charge in [0.05, 0.1) is 0 Å². The summed E-state index contributed by atoms with van der Waals surface area (Å²) < 4.78 is 0. The van der Waals surface area contributed by atoms with E-state index in [4.69, 9.17) is 0 Å². The first kappa shape index (κ1) is 34.0. The van der Waals surface area contributed by atoms with Crippen LogP contribution < -0.4 is 0 Å². The van der Waals surface area contributed by atoms with Crippen LogP contribution in [-0.4, -0.2) is 0 Å². The van der Waals surface area contributed by atoms with Gasteiger partial charge in [-0.05, 0) is 6.42 Å². The van der Waals surface area contributed by atoms with Crippen molar-refractivity contribution in [3.63, 3.8) is 0 Å². The van der Waals surface area contributed by atoms with Crippen LogP contribution in [0.4, 0.5) is 0 Å². The highest BCUT2D eigenvalue weighted by Crippen LogP contribution is 2.18. The van der Waals surface area contributed by atoms with Gasteiger partial charge in [-0.2, -0.15) is 0 Å². The quantitative estimate of drug-likeness (QED) is 0.308. The van der Waals surface area contributed by atoms with Crippen molar-refractivity contribution in [2.24, 2.45) is 0 Å². The van der Waals surface area contributed by atoms with E-state index >= 15 is 0 Å². The zero-order valence-electron chi connectivity index (χ0n) is 25.3. The molecule has 0 unspecified atom stereocenters. The van der Waals surface area contributed by atoms with Crippen molar-refractivity contribution in [1.82, 2.24) is 0 Å². The molecule has 1 saturated carbocycles. The Kier molecular flexibility index (Phi) is 29.5. The fourth-order valence-electron chi connectivity index (χ4n) is 6.20. The van der Waals surface area contributed by atoms with E-state index in [-0.39, 0.29) is 0 Å². The average Bonchev–Trinajstić information content (AvgIpc) is 2.89. The van der Waals surface area contributed by atoms with Gasteiger partial charge in [0.2, 0.25) is 0 Å². The van der Waals surface area contributed by atoms with Gasteiger partial charge in [-0.25, -0.2) is 0 Å². The van der Waals surface area contributed by atoms with Crippen molar-refractivity contribution in [1.29, 1.82) is 0 Å². The molecule has 215 valence electrons. The van der Waals surface area contributed by atoms with Crippen molar-refractivity contribution in [3.8, 4) is 0 Å². The van der Waals surface area contributed by atoms with Crippen molar-refractivity contribution < 1.29 is 0 Å². The highest BCUT2D eigenvalue weighted by molar-refractivity contribution is 4.65. The molecule has 0 nitrogen and oxygen atoms in total. The SMILES string of the molecule is [CH]1CCCCCCCCCCCCCCCCCCCCCCCCCCCCCCCCCCC1. The Hall–Kier alpha value is 0. The topological polar surface area (TPSA) is 0 Å². The van der Waals surface area contributed by atoms with E-state index in [0.717, 1.165) is 0 Å². The van der Waals surface area contributed by atoms with Crippen LogP contribution in [0.25, 0.3) is 0 Å². The number of rotatable bonds is 0. The summed E-state index contributed by atoms with van der Waals surface area (Å²) in [4.78, 5) is 0. The molecule has 0 aromatic rings. The second kappa shape index (κ2) is 31.2. The van der Waals surface area contributed by atoms with E-state index < -0.39 is 0 Å². The minimum absolute atomic E-state index is 1.38. The van der Waals surface area contributed by atoms with Gasteiger partial charge in [0.1, 0.15) is 0 Å². The van der Waals surface area contributed by atoms with E-state index in [0.29, 0.717) is 0 Å². The lowest BCUT2D eigenvalue weighted by atomic mass is 10.0. The molecule has 0 saturated heterocycles. The molecule has 1 aliphatic carbocycles. The lowest BCUT2D eigenvalue weighted by Gasteiger charge is -2.05. The molecule has 1 rings (SSSR count). The smallest absolute Gasteiger partial charge is 0.0386 e. The Morgan fingerprint density at radius 1 is 0.139 bits per heavy atom. The average molecular weight is 504 g/mol. The van der Waals surface area contributed by atoms with Gasteiger partial charge in [-0.15, -0.1) is 0 Å². The molecule has 0 atom stereocenters. The van der Waals surface area contributed by atoms with Crippen LogP contribution in [0.3, 0.4) is 0 Å². The van der Waals surface area contributed by atoms with Crippen LogP contribution in [0.15, 0.2) is 0 Å². The fourth-order valence-corrected chi connectivity index (χ4v) is 6.20. The zero-order chi connectivity index (χ0) is 25.5. The minimum atomic E-state index is 1.38. The molecule has 0 N–H and O–H groups in total. The summed E-state index contributed by atoms with van der Waals surface area (Å²) in [5.41, 5.74) is 0. The van der Waals surface area contributed by atoms with Gasteiger partial charge in [-0.3, -0.25) is 0 Å². The second-order valence-corrected chi connectivity index (χ2v) is 12.5. The van der Waals surface area contributed by atoms with Crippen molar-refractivity contribution in [2.45, 2.75) is 225 Å². The molecule has 36 heavy (non-hydrogen) atoms. The molecule has 1 aliphatic rings. The first-order chi connectivity index (χ1) is 18.0. The lowest BCUT2D eigenvalue weighted by Crippen LogP contribution is -1.86. The van der Waals surface area contributed by atoms with Gasteiger partial charge in [0.15, 0.2) is 0 Å². The van der Waals surface area contributed by atoms with Gasteiger partial charge < -0.3 is 0 Å². The molecule has 0 bridgehead atoms. The van der Waals surface area contributed by atoms with Crippen LogP contribution in [0.2, 0.25) is 0 Å². The maximum absolute atomic E-state index is 2.59. The molecule has 1 fully saturated rings. The second-order valence-electron chi connectivity index (χ2n) is 12.5. The predicted molar refractivity (Wildman–Crippen MR) is 166 cm³/mol. The van der Waals surface area contributed by atoms with Crippen LogP contribution in [0, 0.1) is 6.42 Å². The normalized spacial score (nSPS) is 24.0. The molecule has 1 radical (unpaired) electrons. The molecular weight excluding hydrogens is 432 g/mol. The summed E-state index contributed by atoms with van der Waals surface area (Å²) in [6, 6.07) is 0. The van der Waals surface area contributed by atoms with E-state index in [9.17, 15) is 0 Å². The highest BCUT2D eigenvalue weighted by atomic mass is 14.0. The van der Waals surface area contributed by atoms with Gasteiger partial charge >= 0.3 is 0 Å². The monoisotopic (exact) mass is 504 g/mol. The Morgan fingerprint density at radius 2 is 0.250 bits per heavy atom. The fraction of sp³-hybridized carbons (Fsp3) is 0.972. The Bertz CT molecular complexity index is 186. The Labute approximate surface area is 231 Å². The first-order valence-electron chi connectivity index (χ1n) is 17.8. The van der Waals surface area contributed by atoms with E-state index in [1.54, 1.807) is 0 Å². The Morgan fingerprint density at radius 3 is 0.389 bits per heavy atom. The third-order valence-corrected chi connectivity index (χ3v) is 8.82. The molecule has 0 heteroatoms. The summed E-state index contributed by atoms with van der Waals surface area (Å²) in [7, 11) is 0. The van der Waals surface area contributed by atoms with Crippen molar-refractivity contribution >= 4 is 0 Å². The summed E-state index contributed by atoms with van der Waals surface area (Å²) >= 11 is 0. The van der Waals surface area contributed by atoms with Crippen LogP contribution in [0.1, 0.15) is 225 Å². The molecule has 0 spiro atoms. The maximum Gasteiger partial charge on any atom is -0.0386 e. The Balaban J connectivity index is 2.00. The number of hydrogen-bond acceptors (Lipinski definition) is 0. The van der Waals surface area contributed by atoms with Gasteiger partial charge in [-0.1, -0.05) is 225 Å². The van der Waals surface area contributed by atoms with Crippen LogP contribution in [0.5, 0.6) is 0 Å². The largest absolute Gasteiger partial charge is 0.0533 e. The molecule has 0 aromatic heterocycles. The molecule has 0 aliphatic heterocycles. The first-order valence-corrected chi connectivity index (χ1v) is 17.8. The van der Waals surface area contributed by atoms with Crippen molar-refractivity contribution in [2.75, 3.05) is 0 Å². The molecule has 0 heterocycles. The number of hydrogen-bond donors (Lipinski definition) is 0. The lowest BCUT2D eigenvalue weighted by molar-refractivity contribution is 0.510. The van der Waals surface area contributed by atoms with Gasteiger partial charge in [0, 0.05) is 0 Å². The van der Waals surface area contributed by atoms with Crippen LogP contribution in [-0.2, 0) is 0 Å². The zero-order valence-corrected chi connectivity index (χ0v) is 25.3. The molecular formula is C36H71. The summed E-state index contributed by atoms with van der Waals surface area (Å²) in [5, 5.41) is 0. The highest BCUT2D eigenvalue weighted by Gasteiger charge is 1.98. The van der Waals surface area contributed by atoms with Gasteiger partial charge in [0.25, 0.3) is 0 Å². The van der Waals surface area contributed by atoms with Crippen LogP contribution >= 0.6 is 0 Å². The molecule has 0 aromatic carbocycles. The van der Waals surface area contributed by atoms with E-state index in [1.165, 1.54) is 225 Å². The third kappa shape index (κ3) is 28.6. The summed E-state index contributed by atoms with van der Waals surface area (Å²) in [6.07, 6.45) is 54.5. The summed E-state index contributed by atoms with van der Waals surface area (Å²) in [6.45, 7) is 0. The minimum Gasteiger partial charge on any atom is -0.0533 e. The standard InChI is InChI=1S/C36H71/c1-2-4-6-8-10-12-14-16-18-20-22-24-26-28-30-32-34-36-35-33-31-29-27-25-23-21-19-17-15-13-11-9-7-5-3-1/h1H,2-36H2. The van der Waals surface area contributed by atoms with Crippen molar-refractivity contribution in [3.05, 3.63) is 6.42 Å². The van der Waals surface area contributed by atoms with E-state index in [1.807, 2.05) is 0 Å². The van der Waals surface area contributed by atoms with E-state index in [2.05, 4.69) is 6.42 Å². The summed E-state index contributed by atoms with van der Waals surface area (Å²) in [5.74, 6) is 0. The third-order valence-electron chi connectivity index (χ3n) is 8.82. The maximum atomic E-state index is 2.59.